The molecule has 0 aliphatic heterocycles. The normalized spacial score (nSPS) is 11.3. The van der Waals surface area contributed by atoms with Gasteiger partial charge in [0.1, 0.15) is 11.6 Å². The summed E-state index contributed by atoms with van der Waals surface area (Å²) in [6.07, 6.45) is 0. The molecule has 0 bridgehead atoms. The molecule has 4 aromatic rings. The first-order chi connectivity index (χ1) is 11.7. The molecule has 5 heteroatoms. The zero-order chi connectivity index (χ0) is 16.7. The Kier molecular flexibility index (Phi) is 3.41. The molecule has 1 N–H and O–H groups in total. The van der Waals surface area contributed by atoms with Gasteiger partial charge in [-0.25, -0.2) is 4.39 Å². The van der Waals surface area contributed by atoms with Crippen LogP contribution in [0.25, 0.3) is 27.7 Å². The third-order valence-corrected chi connectivity index (χ3v) is 4.21. The standard InChI is InChI=1S/C19H17FN4/c1-3-21-18-17(13-8-4-6-10-15(13)20)14-9-5-7-11-16(14)24-12(2)22-23-19(18)24/h4-11,21H,3H2,1-2H3. The largest absolute Gasteiger partial charge is 0.382 e. The van der Waals surface area contributed by atoms with Crippen molar-refractivity contribution in [2.24, 2.45) is 0 Å². The molecule has 0 aliphatic carbocycles. The van der Waals surface area contributed by atoms with Crippen LogP contribution in [0.2, 0.25) is 0 Å². The maximum atomic E-state index is 14.6. The van der Waals surface area contributed by atoms with Crippen LogP contribution in [0.3, 0.4) is 0 Å². The monoisotopic (exact) mass is 320 g/mol. The van der Waals surface area contributed by atoms with Crippen LogP contribution in [0.15, 0.2) is 48.5 Å². The lowest BCUT2D eigenvalue weighted by Crippen LogP contribution is -2.05. The van der Waals surface area contributed by atoms with Gasteiger partial charge in [0.05, 0.1) is 11.2 Å². The van der Waals surface area contributed by atoms with Crippen LogP contribution in [-0.2, 0) is 0 Å². The number of fused-ring (bicyclic) bond motifs is 3. The van der Waals surface area contributed by atoms with Gasteiger partial charge in [-0.15, -0.1) is 10.2 Å². The molecule has 0 saturated carbocycles. The second-order valence-electron chi connectivity index (χ2n) is 5.68. The van der Waals surface area contributed by atoms with Crippen LogP contribution >= 0.6 is 0 Å². The van der Waals surface area contributed by atoms with Crippen LogP contribution in [-0.4, -0.2) is 21.1 Å². The van der Waals surface area contributed by atoms with Gasteiger partial charge >= 0.3 is 0 Å². The lowest BCUT2D eigenvalue weighted by Gasteiger charge is -2.17. The van der Waals surface area contributed by atoms with Crippen LogP contribution in [0.5, 0.6) is 0 Å². The average Bonchev–Trinajstić information content (AvgIpc) is 2.98. The summed E-state index contributed by atoms with van der Waals surface area (Å²) in [7, 11) is 0. The molecule has 4 nitrogen and oxygen atoms in total. The van der Waals surface area contributed by atoms with E-state index in [4.69, 9.17) is 0 Å². The van der Waals surface area contributed by atoms with Gasteiger partial charge in [0, 0.05) is 23.1 Å². The zero-order valence-corrected chi connectivity index (χ0v) is 13.5. The first kappa shape index (κ1) is 14.6. The lowest BCUT2D eigenvalue weighted by molar-refractivity contribution is 0.631. The Bertz CT molecular complexity index is 1050. The first-order valence-electron chi connectivity index (χ1n) is 7.97. The summed E-state index contributed by atoms with van der Waals surface area (Å²) in [6, 6.07) is 14.8. The summed E-state index contributed by atoms with van der Waals surface area (Å²) in [5.74, 6) is 0.558. The molecule has 2 aromatic heterocycles. The predicted octanol–water partition coefficient (Wildman–Crippen LogP) is 4.43. The van der Waals surface area contributed by atoms with Crippen molar-refractivity contribution in [1.82, 2.24) is 14.6 Å². The molecule has 2 aromatic carbocycles. The number of anilines is 1. The van der Waals surface area contributed by atoms with E-state index in [-0.39, 0.29) is 5.82 Å². The third-order valence-electron chi connectivity index (χ3n) is 4.21. The van der Waals surface area contributed by atoms with Gasteiger partial charge in [0.25, 0.3) is 0 Å². The maximum absolute atomic E-state index is 14.6. The first-order valence-corrected chi connectivity index (χ1v) is 7.97. The highest BCUT2D eigenvalue weighted by molar-refractivity contribution is 6.06. The van der Waals surface area contributed by atoms with Crippen LogP contribution < -0.4 is 5.32 Å². The fraction of sp³-hybridized carbons (Fsp3) is 0.158. The van der Waals surface area contributed by atoms with E-state index in [1.54, 1.807) is 12.1 Å². The van der Waals surface area contributed by atoms with E-state index in [1.807, 2.05) is 48.6 Å². The summed E-state index contributed by atoms with van der Waals surface area (Å²) >= 11 is 0. The number of hydrogen-bond donors (Lipinski definition) is 1. The SMILES string of the molecule is CCNc1c(-c2ccccc2F)c2ccccc2n2c(C)nnc12. The number of hydrogen-bond acceptors (Lipinski definition) is 3. The van der Waals surface area contributed by atoms with Gasteiger partial charge < -0.3 is 5.32 Å². The molecule has 0 unspecified atom stereocenters. The smallest absolute Gasteiger partial charge is 0.185 e. The number of aromatic nitrogens is 3. The quantitative estimate of drug-likeness (QED) is 0.607. The van der Waals surface area contributed by atoms with E-state index in [1.165, 1.54) is 6.07 Å². The van der Waals surface area contributed by atoms with E-state index >= 15 is 0 Å². The number of nitrogens with one attached hydrogen (secondary N) is 1. The van der Waals surface area contributed by atoms with Crippen molar-refractivity contribution >= 4 is 22.2 Å². The van der Waals surface area contributed by atoms with Gasteiger partial charge in [0.2, 0.25) is 0 Å². The van der Waals surface area contributed by atoms with Crippen LogP contribution in [0.1, 0.15) is 12.7 Å². The van der Waals surface area contributed by atoms with Gasteiger partial charge in [-0.2, -0.15) is 0 Å². The molecular weight excluding hydrogens is 303 g/mol. The number of aryl methyl sites for hydroxylation is 1. The van der Waals surface area contributed by atoms with Crippen molar-refractivity contribution in [2.75, 3.05) is 11.9 Å². The zero-order valence-electron chi connectivity index (χ0n) is 13.5. The Morgan fingerprint density at radius 1 is 1.04 bits per heavy atom. The molecule has 0 atom stereocenters. The Labute approximate surface area is 139 Å². The minimum atomic E-state index is -0.248. The van der Waals surface area contributed by atoms with Crippen molar-refractivity contribution in [3.63, 3.8) is 0 Å². The van der Waals surface area contributed by atoms with Crippen molar-refractivity contribution < 1.29 is 4.39 Å². The number of para-hydroxylation sites is 1. The molecule has 0 aliphatic rings. The van der Waals surface area contributed by atoms with Gasteiger partial charge in [-0.3, -0.25) is 4.40 Å². The summed E-state index contributed by atoms with van der Waals surface area (Å²) in [6.45, 7) is 4.65. The molecule has 2 heterocycles. The molecule has 0 saturated heterocycles. The third kappa shape index (κ3) is 2.05. The fourth-order valence-electron chi connectivity index (χ4n) is 3.23. The Hall–Kier alpha value is -2.95. The topological polar surface area (TPSA) is 42.2 Å². The summed E-state index contributed by atoms with van der Waals surface area (Å²) < 4.78 is 16.6. The van der Waals surface area contributed by atoms with E-state index in [0.717, 1.165) is 28.0 Å². The Balaban J connectivity index is 2.25. The number of pyridine rings is 1. The Morgan fingerprint density at radius 3 is 2.58 bits per heavy atom. The van der Waals surface area contributed by atoms with E-state index in [9.17, 15) is 4.39 Å². The molecule has 120 valence electrons. The maximum Gasteiger partial charge on any atom is 0.185 e. The number of halogens is 1. The van der Waals surface area contributed by atoms with Crippen molar-refractivity contribution in [1.29, 1.82) is 0 Å². The molecule has 0 radical (unpaired) electrons. The second kappa shape index (κ2) is 5.60. The summed E-state index contributed by atoms with van der Waals surface area (Å²) in [5, 5.41) is 12.9. The van der Waals surface area contributed by atoms with E-state index in [2.05, 4.69) is 15.5 Å². The van der Waals surface area contributed by atoms with Crippen LogP contribution in [0.4, 0.5) is 10.1 Å². The van der Waals surface area contributed by atoms with Crippen LogP contribution in [0, 0.1) is 12.7 Å². The summed E-state index contributed by atoms with van der Waals surface area (Å²) in [5.41, 5.74) is 3.88. The highest BCUT2D eigenvalue weighted by Crippen LogP contribution is 2.39. The molecule has 0 spiro atoms. The van der Waals surface area contributed by atoms with Crippen molar-refractivity contribution in [2.45, 2.75) is 13.8 Å². The number of nitrogens with zero attached hydrogens (tertiary/aromatic N) is 3. The fourth-order valence-corrected chi connectivity index (χ4v) is 3.23. The highest BCUT2D eigenvalue weighted by Gasteiger charge is 2.20. The van der Waals surface area contributed by atoms with E-state index in [0.29, 0.717) is 17.8 Å². The van der Waals surface area contributed by atoms with Gasteiger partial charge in [-0.05, 0) is 26.0 Å². The van der Waals surface area contributed by atoms with Gasteiger partial charge in [0.15, 0.2) is 5.65 Å². The molecule has 4 rings (SSSR count). The number of rotatable bonds is 3. The summed E-state index contributed by atoms with van der Waals surface area (Å²) in [4.78, 5) is 0. The van der Waals surface area contributed by atoms with Crippen molar-refractivity contribution in [3.05, 3.63) is 60.2 Å². The molecule has 24 heavy (non-hydrogen) atoms. The predicted molar refractivity (Wildman–Crippen MR) is 94.8 cm³/mol. The van der Waals surface area contributed by atoms with Crippen molar-refractivity contribution in [3.8, 4) is 11.1 Å². The number of benzene rings is 2. The second-order valence-corrected chi connectivity index (χ2v) is 5.68. The minimum Gasteiger partial charge on any atom is -0.382 e. The molecule has 0 amide bonds. The van der Waals surface area contributed by atoms with E-state index < -0.39 is 0 Å². The highest BCUT2D eigenvalue weighted by atomic mass is 19.1. The van der Waals surface area contributed by atoms with Gasteiger partial charge in [-0.1, -0.05) is 36.4 Å². The molecule has 0 fully saturated rings. The average molecular weight is 320 g/mol. The molecular formula is C19H17FN4. The Morgan fingerprint density at radius 2 is 1.79 bits per heavy atom. The minimum absolute atomic E-state index is 0.248. The lowest BCUT2D eigenvalue weighted by atomic mass is 9.98.